The molecule has 0 atom stereocenters. The molecule has 94 valence electrons. The summed E-state index contributed by atoms with van der Waals surface area (Å²) in [6.45, 7) is 2.01. The fourth-order valence-corrected chi connectivity index (χ4v) is 1.92. The Hall–Kier alpha value is -1.43. The zero-order valence-corrected chi connectivity index (χ0v) is 10.0. The Morgan fingerprint density at radius 2 is 2.18 bits per heavy atom. The van der Waals surface area contributed by atoms with Crippen LogP contribution in [-0.2, 0) is 16.0 Å². The van der Waals surface area contributed by atoms with Crippen LogP contribution in [0.25, 0.3) is 0 Å². The van der Waals surface area contributed by atoms with Gasteiger partial charge in [-0.1, -0.05) is 0 Å². The minimum atomic E-state index is -0.0543. The summed E-state index contributed by atoms with van der Waals surface area (Å²) in [7, 11) is 1.49. The number of nitrogens with zero attached hydrogens (tertiary/aromatic N) is 3. The largest absolute Gasteiger partial charge is 0.377 e. The van der Waals surface area contributed by atoms with Crippen molar-refractivity contribution in [2.75, 3.05) is 31.7 Å². The molecule has 1 aliphatic heterocycles. The van der Waals surface area contributed by atoms with E-state index in [1.165, 1.54) is 13.5 Å². The Morgan fingerprint density at radius 1 is 1.41 bits per heavy atom. The van der Waals surface area contributed by atoms with Gasteiger partial charge in [0.05, 0.1) is 6.42 Å². The van der Waals surface area contributed by atoms with E-state index in [9.17, 15) is 4.79 Å². The highest BCUT2D eigenvalue weighted by Gasteiger charge is 2.17. The smallest absolute Gasteiger partial charge is 0.266 e. The van der Waals surface area contributed by atoms with Gasteiger partial charge >= 0.3 is 0 Å². The van der Waals surface area contributed by atoms with Gasteiger partial charge in [-0.2, -0.15) is 4.98 Å². The zero-order valence-electron chi connectivity index (χ0n) is 10.0. The molecule has 0 bridgehead atoms. The number of carbonyl (C=O) groups is 1. The highest BCUT2D eigenvalue weighted by Crippen LogP contribution is 2.16. The first-order valence-electron chi connectivity index (χ1n) is 5.88. The van der Waals surface area contributed by atoms with Crippen molar-refractivity contribution < 1.29 is 14.1 Å². The van der Waals surface area contributed by atoms with Crippen molar-refractivity contribution in [3.63, 3.8) is 0 Å². The van der Waals surface area contributed by atoms with Gasteiger partial charge in [0.2, 0.25) is 5.89 Å². The van der Waals surface area contributed by atoms with Crippen LogP contribution < -0.4 is 4.90 Å². The molecule has 0 aromatic carbocycles. The van der Waals surface area contributed by atoms with E-state index in [0.717, 1.165) is 25.9 Å². The molecule has 0 spiro atoms. The lowest BCUT2D eigenvalue weighted by Crippen LogP contribution is -2.30. The summed E-state index contributed by atoms with van der Waals surface area (Å²) in [6.07, 6.45) is 3.72. The molecule has 1 aromatic rings. The van der Waals surface area contributed by atoms with E-state index in [1.807, 2.05) is 0 Å². The lowest BCUT2D eigenvalue weighted by Gasteiger charge is -2.24. The maximum Gasteiger partial charge on any atom is 0.266 e. The van der Waals surface area contributed by atoms with Crippen LogP contribution >= 0.6 is 0 Å². The van der Waals surface area contributed by atoms with Crippen molar-refractivity contribution in [1.29, 1.82) is 0 Å². The second-order valence-corrected chi connectivity index (χ2v) is 4.18. The van der Waals surface area contributed by atoms with Gasteiger partial charge in [0, 0.05) is 20.2 Å². The molecule has 2 rings (SSSR count). The molecular formula is C11H17N3O3. The molecule has 1 aromatic heterocycles. The van der Waals surface area contributed by atoms with E-state index in [0.29, 0.717) is 11.8 Å². The predicted molar refractivity (Wildman–Crippen MR) is 60.9 cm³/mol. The standard InChI is InChI=1S/C11H17N3O3/c1-16-8-9(15)7-10-12-11(13-17-10)14-5-3-2-4-6-14/h2-8H2,1H3. The average molecular weight is 239 g/mol. The second kappa shape index (κ2) is 5.77. The number of hydrogen-bond donors (Lipinski definition) is 0. The van der Waals surface area contributed by atoms with Crippen molar-refractivity contribution in [2.24, 2.45) is 0 Å². The Labute approximate surface area is 99.9 Å². The van der Waals surface area contributed by atoms with Crippen molar-refractivity contribution in [3.05, 3.63) is 5.89 Å². The topological polar surface area (TPSA) is 68.5 Å². The summed E-state index contributed by atoms with van der Waals surface area (Å²) < 4.78 is 9.80. The molecule has 0 saturated carbocycles. The van der Waals surface area contributed by atoms with Gasteiger partial charge in [0.25, 0.3) is 5.95 Å². The fraction of sp³-hybridized carbons (Fsp3) is 0.727. The normalized spacial score (nSPS) is 16.2. The van der Waals surface area contributed by atoms with Crippen LogP contribution in [0.4, 0.5) is 5.95 Å². The number of carbonyl (C=O) groups excluding carboxylic acids is 1. The third kappa shape index (κ3) is 3.26. The fourth-order valence-electron chi connectivity index (χ4n) is 1.92. The molecule has 0 unspecified atom stereocenters. The average Bonchev–Trinajstić information content (AvgIpc) is 2.79. The number of hydrogen-bond acceptors (Lipinski definition) is 6. The first-order valence-corrected chi connectivity index (χ1v) is 5.88. The number of anilines is 1. The monoisotopic (exact) mass is 239 g/mol. The number of Topliss-reactive ketones (excluding diaryl/α,β-unsaturated/α-hetero) is 1. The van der Waals surface area contributed by atoms with E-state index in [-0.39, 0.29) is 18.8 Å². The highest BCUT2D eigenvalue weighted by molar-refractivity contribution is 5.81. The summed E-state index contributed by atoms with van der Waals surface area (Å²) in [6, 6.07) is 0. The molecule has 0 aliphatic carbocycles. The lowest BCUT2D eigenvalue weighted by molar-refractivity contribution is -0.122. The van der Waals surface area contributed by atoms with Gasteiger partial charge in [-0.3, -0.25) is 4.79 Å². The third-order valence-electron chi connectivity index (χ3n) is 2.75. The van der Waals surface area contributed by atoms with E-state index in [2.05, 4.69) is 15.0 Å². The number of piperidine rings is 1. The molecule has 0 N–H and O–H groups in total. The summed E-state index contributed by atoms with van der Waals surface area (Å²) in [5, 5.41) is 3.90. The molecular weight excluding hydrogens is 222 g/mol. The van der Waals surface area contributed by atoms with Gasteiger partial charge in [-0.15, -0.1) is 0 Å². The zero-order chi connectivity index (χ0) is 12.1. The number of ketones is 1. The Morgan fingerprint density at radius 3 is 2.88 bits per heavy atom. The van der Waals surface area contributed by atoms with Crippen LogP contribution in [-0.4, -0.2) is 42.7 Å². The van der Waals surface area contributed by atoms with E-state index >= 15 is 0 Å². The number of methoxy groups -OCH3 is 1. The summed E-state index contributed by atoms with van der Waals surface area (Å²) in [5.74, 6) is 0.916. The summed E-state index contributed by atoms with van der Waals surface area (Å²) >= 11 is 0. The van der Waals surface area contributed by atoms with Crippen molar-refractivity contribution in [1.82, 2.24) is 10.1 Å². The van der Waals surface area contributed by atoms with Crippen LogP contribution in [0.3, 0.4) is 0 Å². The Bertz CT molecular complexity index is 372. The van der Waals surface area contributed by atoms with Crippen molar-refractivity contribution in [2.45, 2.75) is 25.7 Å². The number of ether oxygens (including phenoxy) is 1. The van der Waals surface area contributed by atoms with E-state index in [4.69, 9.17) is 9.26 Å². The molecule has 1 saturated heterocycles. The molecule has 0 amide bonds. The Balaban J connectivity index is 1.93. The van der Waals surface area contributed by atoms with E-state index < -0.39 is 0 Å². The minimum Gasteiger partial charge on any atom is -0.377 e. The number of rotatable bonds is 5. The second-order valence-electron chi connectivity index (χ2n) is 4.18. The maximum atomic E-state index is 11.3. The van der Waals surface area contributed by atoms with Crippen molar-refractivity contribution in [3.8, 4) is 0 Å². The summed E-state index contributed by atoms with van der Waals surface area (Å²) in [5.41, 5.74) is 0. The van der Waals surface area contributed by atoms with Crippen LogP contribution in [0.2, 0.25) is 0 Å². The third-order valence-corrected chi connectivity index (χ3v) is 2.75. The van der Waals surface area contributed by atoms with Gasteiger partial charge in [0.15, 0.2) is 5.78 Å². The van der Waals surface area contributed by atoms with Crippen LogP contribution in [0, 0.1) is 0 Å². The SMILES string of the molecule is COCC(=O)Cc1nc(N2CCCCC2)no1. The first kappa shape index (κ1) is 12.0. The first-order chi connectivity index (χ1) is 8.29. The maximum absolute atomic E-state index is 11.3. The molecule has 0 radical (unpaired) electrons. The molecule has 1 fully saturated rings. The molecule has 1 aliphatic rings. The molecule has 17 heavy (non-hydrogen) atoms. The lowest BCUT2D eigenvalue weighted by atomic mass is 10.1. The molecule has 6 nitrogen and oxygen atoms in total. The number of aromatic nitrogens is 2. The summed E-state index contributed by atoms with van der Waals surface area (Å²) in [4.78, 5) is 17.7. The van der Waals surface area contributed by atoms with Crippen LogP contribution in [0.15, 0.2) is 4.52 Å². The molecule has 2 heterocycles. The van der Waals surface area contributed by atoms with Crippen LogP contribution in [0.5, 0.6) is 0 Å². The van der Waals surface area contributed by atoms with E-state index in [1.54, 1.807) is 0 Å². The quantitative estimate of drug-likeness (QED) is 0.757. The van der Waals surface area contributed by atoms with Crippen LogP contribution in [0.1, 0.15) is 25.2 Å². The Kier molecular flexibility index (Phi) is 4.08. The van der Waals surface area contributed by atoms with Gasteiger partial charge in [0.1, 0.15) is 6.61 Å². The minimum absolute atomic E-state index is 0.0543. The highest BCUT2D eigenvalue weighted by atomic mass is 16.5. The van der Waals surface area contributed by atoms with Gasteiger partial charge in [-0.05, 0) is 24.4 Å². The molecule has 6 heteroatoms. The predicted octanol–water partition coefficient (Wildman–Crippen LogP) is 0.818. The van der Waals surface area contributed by atoms with Crippen molar-refractivity contribution >= 4 is 11.7 Å². The van der Waals surface area contributed by atoms with Gasteiger partial charge < -0.3 is 14.2 Å². The van der Waals surface area contributed by atoms with Gasteiger partial charge in [-0.25, -0.2) is 0 Å².